The number of benzene rings is 2. The highest BCUT2D eigenvalue weighted by atomic mass is 19.1. The van der Waals surface area contributed by atoms with Crippen molar-refractivity contribution in [1.82, 2.24) is 19.8 Å². The summed E-state index contributed by atoms with van der Waals surface area (Å²) in [5, 5.41) is 3.56. The molecule has 0 radical (unpaired) electrons. The van der Waals surface area contributed by atoms with Crippen molar-refractivity contribution in [1.29, 1.82) is 0 Å². The van der Waals surface area contributed by atoms with Gasteiger partial charge in [-0.1, -0.05) is 18.2 Å². The first-order valence-electron chi connectivity index (χ1n) is 10.6. The molecular formula is C24H27FN4O2. The predicted molar refractivity (Wildman–Crippen MR) is 117 cm³/mol. The predicted octanol–water partition coefficient (Wildman–Crippen LogP) is 4.46. The molecule has 4 rings (SSSR count). The average Bonchev–Trinajstić information content (AvgIpc) is 3.05. The fourth-order valence-electron chi connectivity index (χ4n) is 3.95. The first-order valence-corrected chi connectivity index (χ1v) is 10.6. The van der Waals surface area contributed by atoms with Crippen LogP contribution in [-0.2, 0) is 6.54 Å². The molecule has 1 aromatic heterocycles. The van der Waals surface area contributed by atoms with E-state index in [4.69, 9.17) is 4.74 Å². The molecule has 2 aromatic carbocycles. The lowest BCUT2D eigenvalue weighted by atomic mass is 10.1. The lowest BCUT2D eigenvalue weighted by Crippen LogP contribution is -2.35. The van der Waals surface area contributed by atoms with Gasteiger partial charge >= 0.3 is 6.09 Å². The molecular weight excluding hydrogens is 395 g/mol. The molecule has 0 spiro atoms. The summed E-state index contributed by atoms with van der Waals surface area (Å²) in [6.07, 6.45) is 5.97. The molecule has 162 valence electrons. The molecule has 1 atom stereocenters. The number of para-hydroxylation sites is 1. The van der Waals surface area contributed by atoms with Crippen LogP contribution in [0.15, 0.2) is 60.9 Å². The number of carbonyl (C=O) groups is 1. The summed E-state index contributed by atoms with van der Waals surface area (Å²) in [5.41, 5.74) is 1.80. The number of carbonyl (C=O) groups excluding carboxylic acids is 1. The molecule has 6 nitrogen and oxygen atoms in total. The Kier molecular flexibility index (Phi) is 6.62. The highest BCUT2D eigenvalue weighted by Crippen LogP contribution is 2.20. The van der Waals surface area contributed by atoms with Gasteiger partial charge in [0.15, 0.2) is 0 Å². The van der Waals surface area contributed by atoms with Crippen molar-refractivity contribution in [3.63, 3.8) is 0 Å². The van der Waals surface area contributed by atoms with Gasteiger partial charge < -0.3 is 19.5 Å². The molecule has 1 unspecified atom stereocenters. The van der Waals surface area contributed by atoms with Gasteiger partial charge in [-0.3, -0.25) is 0 Å². The Labute approximate surface area is 181 Å². The van der Waals surface area contributed by atoms with Crippen molar-refractivity contribution in [2.75, 3.05) is 13.1 Å². The number of hydrogen-bond donors (Lipinski definition) is 1. The molecule has 7 heteroatoms. The first-order chi connectivity index (χ1) is 15.1. The van der Waals surface area contributed by atoms with Gasteiger partial charge in [-0.25, -0.2) is 14.2 Å². The van der Waals surface area contributed by atoms with Crippen LogP contribution in [0.1, 0.15) is 30.7 Å². The minimum atomic E-state index is -0.310. The van der Waals surface area contributed by atoms with Gasteiger partial charge in [0.2, 0.25) is 0 Å². The van der Waals surface area contributed by atoms with Crippen LogP contribution < -0.4 is 10.1 Å². The monoisotopic (exact) mass is 422 g/mol. The standard InChI is InChI=1S/C24H27FN4O2/c1-18-26-12-15-29(18)23-10-9-20(25)16-19(23)17-27-21-6-5-13-28(14-11-21)24(30)31-22-7-3-2-4-8-22/h2-4,7-10,12,15-16,21,27H,5-6,11,13-14,17H2,1H3. The van der Waals surface area contributed by atoms with Crippen LogP contribution >= 0.6 is 0 Å². The number of aromatic nitrogens is 2. The van der Waals surface area contributed by atoms with Gasteiger partial charge in [0.05, 0.1) is 5.69 Å². The summed E-state index contributed by atoms with van der Waals surface area (Å²) < 4.78 is 21.4. The van der Waals surface area contributed by atoms with Crippen molar-refractivity contribution in [2.45, 2.75) is 38.8 Å². The number of likely N-dealkylation sites (tertiary alicyclic amines) is 1. The van der Waals surface area contributed by atoms with Gasteiger partial charge in [0.1, 0.15) is 17.4 Å². The van der Waals surface area contributed by atoms with Crippen LogP contribution in [0, 0.1) is 12.7 Å². The van der Waals surface area contributed by atoms with E-state index in [1.54, 1.807) is 35.4 Å². The zero-order chi connectivity index (χ0) is 21.6. The lowest BCUT2D eigenvalue weighted by molar-refractivity contribution is 0.153. The SMILES string of the molecule is Cc1nccn1-c1ccc(F)cc1CNC1CCCN(C(=O)Oc2ccccc2)CC1. The summed E-state index contributed by atoms with van der Waals surface area (Å²) in [6.45, 7) is 3.77. The fourth-order valence-corrected chi connectivity index (χ4v) is 3.95. The maximum atomic E-state index is 13.9. The van der Waals surface area contributed by atoms with Crippen molar-refractivity contribution < 1.29 is 13.9 Å². The topological polar surface area (TPSA) is 59.4 Å². The quantitative estimate of drug-likeness (QED) is 0.659. The lowest BCUT2D eigenvalue weighted by Gasteiger charge is -2.21. The number of halogens is 1. The van der Waals surface area contributed by atoms with Crippen molar-refractivity contribution in [2.24, 2.45) is 0 Å². The number of aryl methyl sites for hydroxylation is 1. The summed E-state index contributed by atoms with van der Waals surface area (Å²) in [5.74, 6) is 1.16. The van der Waals surface area contributed by atoms with Gasteiger partial charge in [0, 0.05) is 38.1 Å². The number of nitrogens with zero attached hydrogens (tertiary/aromatic N) is 3. The molecule has 2 heterocycles. The van der Waals surface area contributed by atoms with Gasteiger partial charge in [-0.05, 0) is 62.1 Å². The van der Waals surface area contributed by atoms with Crippen molar-refractivity contribution in [3.8, 4) is 11.4 Å². The summed E-state index contributed by atoms with van der Waals surface area (Å²) in [7, 11) is 0. The van der Waals surface area contributed by atoms with E-state index >= 15 is 0 Å². The summed E-state index contributed by atoms with van der Waals surface area (Å²) >= 11 is 0. The molecule has 31 heavy (non-hydrogen) atoms. The molecule has 1 saturated heterocycles. The molecule has 1 fully saturated rings. The number of hydrogen-bond acceptors (Lipinski definition) is 4. The van der Waals surface area contributed by atoms with Crippen LogP contribution in [-0.4, -0.2) is 39.7 Å². The third-order valence-electron chi connectivity index (χ3n) is 5.64. The van der Waals surface area contributed by atoms with Crippen molar-refractivity contribution in [3.05, 3.63) is 78.1 Å². The fraction of sp³-hybridized carbons (Fsp3) is 0.333. The number of imidazole rings is 1. The van der Waals surface area contributed by atoms with Crippen LogP contribution in [0.25, 0.3) is 5.69 Å². The summed E-state index contributed by atoms with van der Waals surface area (Å²) in [4.78, 5) is 18.5. The van der Waals surface area contributed by atoms with E-state index in [0.29, 0.717) is 25.4 Å². The Morgan fingerprint density at radius 1 is 1.19 bits per heavy atom. The van der Waals surface area contributed by atoms with Crippen LogP contribution in [0.4, 0.5) is 9.18 Å². The number of nitrogens with one attached hydrogen (secondary N) is 1. The van der Waals surface area contributed by atoms with E-state index in [9.17, 15) is 9.18 Å². The Morgan fingerprint density at radius 3 is 2.81 bits per heavy atom. The second-order valence-corrected chi connectivity index (χ2v) is 7.79. The molecule has 1 aliphatic heterocycles. The second-order valence-electron chi connectivity index (χ2n) is 7.79. The first kappa shape index (κ1) is 21.1. The van der Waals surface area contributed by atoms with Gasteiger partial charge in [-0.2, -0.15) is 0 Å². The summed E-state index contributed by atoms with van der Waals surface area (Å²) in [6, 6.07) is 14.2. The molecule has 1 aliphatic rings. The van der Waals surface area contributed by atoms with E-state index in [1.807, 2.05) is 35.9 Å². The van der Waals surface area contributed by atoms with E-state index in [-0.39, 0.29) is 18.0 Å². The maximum Gasteiger partial charge on any atom is 0.415 e. The largest absolute Gasteiger partial charge is 0.415 e. The van der Waals surface area contributed by atoms with Gasteiger partial charge in [0.25, 0.3) is 0 Å². The Balaban J connectivity index is 1.36. The Bertz CT molecular complexity index is 1020. The van der Waals surface area contributed by atoms with E-state index in [2.05, 4.69) is 10.3 Å². The molecule has 0 saturated carbocycles. The zero-order valence-corrected chi connectivity index (χ0v) is 17.6. The van der Waals surface area contributed by atoms with E-state index in [0.717, 1.165) is 36.3 Å². The Hall–Kier alpha value is -3.19. The smallest absolute Gasteiger partial charge is 0.410 e. The third kappa shape index (κ3) is 5.30. The average molecular weight is 423 g/mol. The van der Waals surface area contributed by atoms with Crippen LogP contribution in [0.3, 0.4) is 0 Å². The highest BCUT2D eigenvalue weighted by Gasteiger charge is 2.22. The Morgan fingerprint density at radius 2 is 2.03 bits per heavy atom. The normalized spacial score (nSPS) is 16.7. The van der Waals surface area contributed by atoms with Crippen LogP contribution in [0.5, 0.6) is 5.75 Å². The molecule has 1 amide bonds. The second kappa shape index (κ2) is 9.75. The third-order valence-corrected chi connectivity index (χ3v) is 5.64. The molecule has 1 N–H and O–H groups in total. The minimum Gasteiger partial charge on any atom is -0.410 e. The molecule has 0 aliphatic carbocycles. The number of ether oxygens (including phenoxy) is 1. The molecule has 0 bridgehead atoms. The molecule has 3 aromatic rings. The van der Waals surface area contributed by atoms with Crippen LogP contribution in [0.2, 0.25) is 0 Å². The zero-order valence-electron chi connectivity index (χ0n) is 17.6. The maximum absolute atomic E-state index is 13.9. The minimum absolute atomic E-state index is 0.245. The van der Waals surface area contributed by atoms with E-state index in [1.165, 1.54) is 6.07 Å². The van der Waals surface area contributed by atoms with E-state index < -0.39 is 0 Å². The van der Waals surface area contributed by atoms with Crippen molar-refractivity contribution >= 4 is 6.09 Å². The number of rotatable bonds is 5. The highest BCUT2D eigenvalue weighted by molar-refractivity contribution is 5.70. The number of amides is 1. The van der Waals surface area contributed by atoms with Gasteiger partial charge in [-0.15, -0.1) is 0 Å².